The lowest BCUT2D eigenvalue weighted by Gasteiger charge is -2.34. The van der Waals surface area contributed by atoms with Crippen molar-refractivity contribution in [3.05, 3.63) is 0 Å². The van der Waals surface area contributed by atoms with E-state index in [0.717, 1.165) is 44.3 Å². The molecule has 20 heavy (non-hydrogen) atoms. The largest absolute Gasteiger partial charge is 0.303 e. The summed E-state index contributed by atoms with van der Waals surface area (Å²) in [5.41, 5.74) is -0.309. The van der Waals surface area contributed by atoms with Gasteiger partial charge in [0.15, 0.2) is 0 Å². The van der Waals surface area contributed by atoms with E-state index < -0.39 is 0 Å². The van der Waals surface area contributed by atoms with Crippen molar-refractivity contribution >= 4 is 0 Å². The van der Waals surface area contributed by atoms with E-state index in [0.29, 0.717) is 0 Å². The highest BCUT2D eigenvalue weighted by Crippen LogP contribution is 2.27. The highest BCUT2D eigenvalue weighted by atomic mass is 15.1. The van der Waals surface area contributed by atoms with Gasteiger partial charge in [-0.15, -0.1) is 0 Å². The van der Waals surface area contributed by atoms with Crippen LogP contribution in [0.25, 0.3) is 0 Å². The molecule has 1 N–H and O–H groups in total. The first-order valence-electron chi connectivity index (χ1n) is 8.43. The van der Waals surface area contributed by atoms with Gasteiger partial charge in [0.2, 0.25) is 0 Å². The molecule has 1 rings (SSSR count). The van der Waals surface area contributed by atoms with Crippen LogP contribution >= 0.6 is 0 Å². The lowest BCUT2D eigenvalue weighted by atomic mass is 9.86. The van der Waals surface area contributed by atoms with E-state index in [2.05, 4.69) is 44.1 Å². The first kappa shape index (κ1) is 17.5. The molecule has 1 aliphatic carbocycles. The molecule has 1 unspecified atom stereocenters. The Bertz CT molecular complexity index is 302. The van der Waals surface area contributed by atoms with Crippen LogP contribution in [-0.2, 0) is 0 Å². The molecule has 0 aromatic carbocycles. The van der Waals surface area contributed by atoms with Crippen LogP contribution in [0.15, 0.2) is 0 Å². The summed E-state index contributed by atoms with van der Waals surface area (Å²) in [6.07, 6.45) is 8.41. The zero-order chi connectivity index (χ0) is 15.0. The lowest BCUT2D eigenvalue weighted by molar-refractivity contribution is 0.164. The van der Waals surface area contributed by atoms with Gasteiger partial charge in [-0.1, -0.05) is 20.8 Å². The maximum atomic E-state index is 9.42. The maximum Gasteiger partial charge on any atom is 0.106 e. The average Bonchev–Trinajstić information content (AvgIpc) is 2.47. The highest BCUT2D eigenvalue weighted by Gasteiger charge is 2.27. The molecular weight excluding hydrogens is 246 g/mol. The topological polar surface area (TPSA) is 39.1 Å². The van der Waals surface area contributed by atoms with Crippen LogP contribution < -0.4 is 5.32 Å². The molecule has 0 radical (unpaired) electrons. The quantitative estimate of drug-likeness (QED) is 0.738. The normalized spacial score (nSPS) is 26.2. The number of nitriles is 1. The van der Waals surface area contributed by atoms with Gasteiger partial charge in [0.1, 0.15) is 5.54 Å². The summed E-state index contributed by atoms with van der Waals surface area (Å²) in [6, 6.07) is 3.26. The molecule has 0 aromatic heterocycles. The zero-order valence-electron chi connectivity index (χ0n) is 13.9. The van der Waals surface area contributed by atoms with Crippen LogP contribution in [0.4, 0.5) is 0 Å². The second-order valence-electron chi connectivity index (χ2n) is 6.58. The van der Waals surface area contributed by atoms with Gasteiger partial charge in [-0.2, -0.15) is 5.26 Å². The molecule has 1 fully saturated rings. The Balaban J connectivity index is 2.33. The van der Waals surface area contributed by atoms with Crippen molar-refractivity contribution in [3.63, 3.8) is 0 Å². The SMILES string of the molecule is CCNC(C#N)(CC)CCCN(C)C1CCC(C)CC1. The second-order valence-corrected chi connectivity index (χ2v) is 6.58. The van der Waals surface area contributed by atoms with Crippen molar-refractivity contribution < 1.29 is 0 Å². The van der Waals surface area contributed by atoms with Gasteiger partial charge in [-0.25, -0.2) is 0 Å². The molecule has 0 heterocycles. The summed E-state index contributed by atoms with van der Waals surface area (Å²) >= 11 is 0. The molecule has 116 valence electrons. The van der Waals surface area contributed by atoms with E-state index in [1.165, 1.54) is 25.7 Å². The van der Waals surface area contributed by atoms with Gasteiger partial charge in [-0.3, -0.25) is 5.32 Å². The third-order valence-electron chi connectivity index (χ3n) is 5.06. The first-order valence-corrected chi connectivity index (χ1v) is 8.43. The van der Waals surface area contributed by atoms with Gasteiger partial charge < -0.3 is 4.90 Å². The third-order valence-corrected chi connectivity index (χ3v) is 5.06. The van der Waals surface area contributed by atoms with Gasteiger partial charge >= 0.3 is 0 Å². The van der Waals surface area contributed by atoms with Crippen LogP contribution in [0.1, 0.15) is 65.7 Å². The molecule has 1 saturated carbocycles. The van der Waals surface area contributed by atoms with Crippen LogP contribution in [0.3, 0.4) is 0 Å². The molecular formula is C17H33N3. The lowest BCUT2D eigenvalue weighted by Crippen LogP contribution is -2.44. The van der Waals surface area contributed by atoms with Crippen LogP contribution in [0.2, 0.25) is 0 Å². The summed E-state index contributed by atoms with van der Waals surface area (Å²) in [4.78, 5) is 2.52. The van der Waals surface area contributed by atoms with Crippen molar-refractivity contribution in [1.82, 2.24) is 10.2 Å². The predicted molar refractivity (Wildman–Crippen MR) is 85.6 cm³/mol. The van der Waals surface area contributed by atoms with Crippen molar-refractivity contribution in [2.45, 2.75) is 77.3 Å². The smallest absolute Gasteiger partial charge is 0.106 e. The molecule has 0 aromatic rings. The Morgan fingerprint density at radius 3 is 2.40 bits per heavy atom. The Morgan fingerprint density at radius 2 is 1.90 bits per heavy atom. The van der Waals surface area contributed by atoms with E-state index in [1.807, 2.05) is 0 Å². The minimum Gasteiger partial charge on any atom is -0.303 e. The summed E-state index contributed by atoms with van der Waals surface area (Å²) in [5, 5.41) is 12.8. The molecule has 1 atom stereocenters. The molecule has 0 amide bonds. The monoisotopic (exact) mass is 279 g/mol. The van der Waals surface area contributed by atoms with Crippen molar-refractivity contribution in [2.24, 2.45) is 5.92 Å². The zero-order valence-corrected chi connectivity index (χ0v) is 13.9. The van der Waals surface area contributed by atoms with E-state index in [-0.39, 0.29) is 5.54 Å². The number of rotatable bonds is 8. The third kappa shape index (κ3) is 5.07. The Labute approximate surface area is 125 Å². The van der Waals surface area contributed by atoms with Crippen LogP contribution in [-0.4, -0.2) is 36.6 Å². The van der Waals surface area contributed by atoms with E-state index in [9.17, 15) is 5.26 Å². The Morgan fingerprint density at radius 1 is 1.25 bits per heavy atom. The molecule has 3 heteroatoms. The van der Waals surface area contributed by atoms with Crippen LogP contribution in [0, 0.1) is 17.2 Å². The van der Waals surface area contributed by atoms with Gasteiger partial charge in [0, 0.05) is 6.04 Å². The molecule has 1 aliphatic rings. The number of hydrogen-bond donors (Lipinski definition) is 1. The average molecular weight is 279 g/mol. The minimum absolute atomic E-state index is 0.309. The summed E-state index contributed by atoms with van der Waals surface area (Å²) in [5.74, 6) is 0.916. The molecule has 0 aliphatic heterocycles. The van der Waals surface area contributed by atoms with Crippen LogP contribution in [0.5, 0.6) is 0 Å². The summed E-state index contributed by atoms with van der Waals surface area (Å²) in [6.45, 7) is 8.55. The maximum absolute atomic E-state index is 9.42. The summed E-state index contributed by atoms with van der Waals surface area (Å²) < 4.78 is 0. The highest BCUT2D eigenvalue weighted by molar-refractivity contribution is 5.06. The number of hydrogen-bond acceptors (Lipinski definition) is 3. The fraction of sp³-hybridized carbons (Fsp3) is 0.941. The van der Waals surface area contributed by atoms with Crippen molar-refractivity contribution in [2.75, 3.05) is 20.1 Å². The van der Waals surface area contributed by atoms with E-state index in [4.69, 9.17) is 0 Å². The minimum atomic E-state index is -0.309. The number of nitrogens with zero attached hydrogens (tertiary/aromatic N) is 2. The van der Waals surface area contributed by atoms with Gasteiger partial charge in [0.25, 0.3) is 0 Å². The van der Waals surface area contributed by atoms with Crippen molar-refractivity contribution in [1.29, 1.82) is 5.26 Å². The summed E-state index contributed by atoms with van der Waals surface area (Å²) in [7, 11) is 2.26. The molecule has 3 nitrogen and oxygen atoms in total. The van der Waals surface area contributed by atoms with Gasteiger partial charge in [0.05, 0.1) is 6.07 Å². The standard InChI is InChI=1S/C17H33N3/c1-5-17(14-18,19-6-2)12-7-13-20(4)16-10-8-15(3)9-11-16/h15-16,19H,5-13H2,1-4H3. The van der Waals surface area contributed by atoms with Crippen molar-refractivity contribution in [3.8, 4) is 6.07 Å². The second kappa shape index (κ2) is 8.64. The molecule has 0 spiro atoms. The first-order chi connectivity index (χ1) is 9.56. The van der Waals surface area contributed by atoms with E-state index in [1.54, 1.807) is 0 Å². The Kier molecular flexibility index (Phi) is 7.55. The number of nitrogens with one attached hydrogen (secondary N) is 1. The fourth-order valence-corrected chi connectivity index (χ4v) is 3.40. The van der Waals surface area contributed by atoms with E-state index >= 15 is 0 Å². The Hall–Kier alpha value is -0.590. The fourth-order valence-electron chi connectivity index (χ4n) is 3.40. The molecule has 0 bridgehead atoms. The van der Waals surface area contributed by atoms with Gasteiger partial charge in [-0.05, 0) is 71.0 Å². The predicted octanol–water partition coefficient (Wildman–Crippen LogP) is 3.56. The molecule has 0 saturated heterocycles.